The van der Waals surface area contributed by atoms with E-state index < -0.39 is 11.6 Å². The largest absolute Gasteiger partial charge is 0.489 e. The van der Waals surface area contributed by atoms with E-state index in [2.05, 4.69) is 49.1 Å². The lowest BCUT2D eigenvalue weighted by Gasteiger charge is -2.28. The van der Waals surface area contributed by atoms with Crippen molar-refractivity contribution in [1.82, 2.24) is 29.1 Å². The van der Waals surface area contributed by atoms with Crippen LogP contribution in [0.15, 0.2) is 55.5 Å². The maximum atomic E-state index is 14.5. The Morgan fingerprint density at radius 2 is 1.91 bits per heavy atom. The van der Waals surface area contributed by atoms with Crippen molar-refractivity contribution in [2.24, 2.45) is 10.4 Å². The first-order valence-corrected chi connectivity index (χ1v) is 17.8. The molecule has 0 bridgehead atoms. The Kier molecular flexibility index (Phi) is 11.8. The van der Waals surface area contributed by atoms with E-state index in [0.29, 0.717) is 38.6 Å². The number of carbonyl (C=O) groups is 1. The highest BCUT2D eigenvalue weighted by molar-refractivity contribution is 7.02. The third kappa shape index (κ3) is 9.34. The Bertz CT molecular complexity index is 2250. The summed E-state index contributed by atoms with van der Waals surface area (Å²) in [5.41, 5.74) is 0.656. The quantitative estimate of drug-likeness (QED) is 0.179. The Morgan fingerprint density at radius 3 is 2.51 bits per heavy atom. The molecule has 2 aliphatic heterocycles. The van der Waals surface area contributed by atoms with Crippen molar-refractivity contribution in [3.8, 4) is 29.5 Å². The number of fused-ring (bicyclic) bond motifs is 2. The first-order chi connectivity index (χ1) is 25.0. The molecule has 3 aromatic heterocycles. The van der Waals surface area contributed by atoms with Crippen LogP contribution in [0, 0.1) is 23.6 Å². The van der Waals surface area contributed by atoms with Crippen molar-refractivity contribution in [2.75, 3.05) is 18.1 Å². The summed E-state index contributed by atoms with van der Waals surface area (Å²) >= 11 is 13.5. The highest BCUT2D eigenvalue weighted by atomic mass is 35.5. The summed E-state index contributed by atoms with van der Waals surface area (Å²) in [6, 6.07) is 5.86. The maximum Gasteiger partial charge on any atom is 0.442 e. The molecular weight excluding hydrogens is 750 g/mol. The fraction of sp³-hybridized carbons (Fsp3) is 0.400. The molecule has 0 spiro atoms. The summed E-state index contributed by atoms with van der Waals surface area (Å²) in [5.74, 6) is 3.08. The lowest BCUT2D eigenvalue weighted by atomic mass is 9.92. The van der Waals surface area contributed by atoms with Gasteiger partial charge in [-0.05, 0) is 31.4 Å². The zero-order valence-corrected chi connectivity index (χ0v) is 32.3. The smallest absolute Gasteiger partial charge is 0.442 e. The molecular formula is C35H37Cl2FN8O6S. The van der Waals surface area contributed by atoms with Crippen LogP contribution in [0.25, 0.3) is 5.69 Å². The topological polar surface area (TPSA) is 156 Å². The van der Waals surface area contributed by atoms with Gasteiger partial charge in [0.1, 0.15) is 29.3 Å². The van der Waals surface area contributed by atoms with Crippen LogP contribution in [0.3, 0.4) is 0 Å². The van der Waals surface area contributed by atoms with Gasteiger partial charge in [-0.1, -0.05) is 63.7 Å². The number of halogens is 3. The summed E-state index contributed by atoms with van der Waals surface area (Å²) in [4.78, 5) is 30.6. The fourth-order valence-corrected chi connectivity index (χ4v) is 6.41. The summed E-state index contributed by atoms with van der Waals surface area (Å²) in [6.45, 7) is 14.5. The number of hydrogen-bond donors (Lipinski definition) is 0. The van der Waals surface area contributed by atoms with Gasteiger partial charge in [0.25, 0.3) is 5.91 Å². The number of terminal acetylenes is 1. The minimum Gasteiger partial charge on any atom is -0.489 e. The summed E-state index contributed by atoms with van der Waals surface area (Å²) in [5, 5.41) is 11.3. The molecule has 2 aliphatic rings. The first-order valence-electron chi connectivity index (χ1n) is 16.3. The Labute approximate surface area is 318 Å². The summed E-state index contributed by atoms with van der Waals surface area (Å²) in [6.07, 6.45) is 9.03. The second-order valence-electron chi connectivity index (χ2n) is 14.0. The van der Waals surface area contributed by atoms with Crippen molar-refractivity contribution in [2.45, 2.75) is 73.0 Å². The monoisotopic (exact) mass is 786 g/mol. The van der Waals surface area contributed by atoms with E-state index in [4.69, 9.17) is 43.5 Å². The van der Waals surface area contributed by atoms with E-state index >= 15 is 0 Å². The molecule has 0 N–H and O–H groups in total. The van der Waals surface area contributed by atoms with Crippen LogP contribution in [0.2, 0.25) is 10.0 Å². The molecule has 7 rings (SSSR count). The van der Waals surface area contributed by atoms with Crippen LogP contribution in [0.5, 0.6) is 11.5 Å². The molecule has 18 heteroatoms. The molecule has 2 aromatic carbocycles. The Hall–Kier alpha value is -4.98. The average molecular weight is 788 g/mol. The second kappa shape index (κ2) is 15.9. The third-order valence-electron chi connectivity index (χ3n) is 7.50. The van der Waals surface area contributed by atoms with E-state index in [9.17, 15) is 14.0 Å². The first kappa shape index (κ1) is 39.2. The van der Waals surface area contributed by atoms with Gasteiger partial charge in [-0.15, -0.1) is 16.6 Å². The number of carbonyl (C=O) groups excluding carboxylic acids is 1. The number of ether oxygens (including phenoxy) is 2. The van der Waals surface area contributed by atoms with Crippen LogP contribution in [-0.4, -0.2) is 54.3 Å². The van der Waals surface area contributed by atoms with Gasteiger partial charge in [0.15, 0.2) is 12.4 Å². The SMILES string of the molecule is C#CCN1C(=O)COc2cc(F)c(N=c3snc4n3CC(C)(C)C4)cc21.CC(C)Oc1cc(-n2nc(C(C)(C)C)oc2=O)c(Cl)cc1Cl.c1conn1. The molecule has 0 saturated carbocycles. The van der Waals surface area contributed by atoms with Gasteiger partial charge in [-0.2, -0.15) is 9.06 Å². The molecule has 0 fully saturated rings. The van der Waals surface area contributed by atoms with Crippen molar-refractivity contribution in [3.05, 3.63) is 79.7 Å². The van der Waals surface area contributed by atoms with E-state index in [1.165, 1.54) is 47.1 Å². The number of benzene rings is 2. The molecule has 5 aromatic rings. The van der Waals surface area contributed by atoms with Gasteiger partial charge in [0.2, 0.25) is 10.7 Å². The molecule has 0 atom stereocenters. The summed E-state index contributed by atoms with van der Waals surface area (Å²) in [7, 11) is 0. The minimum atomic E-state index is -0.607. The Balaban J connectivity index is 0.000000182. The molecule has 0 unspecified atom stereocenters. The van der Waals surface area contributed by atoms with Gasteiger partial charge < -0.3 is 23.0 Å². The third-order valence-corrected chi connectivity index (χ3v) is 8.87. The van der Waals surface area contributed by atoms with E-state index in [1.807, 2.05) is 39.2 Å². The number of amides is 1. The van der Waals surface area contributed by atoms with Crippen LogP contribution in [0.1, 0.15) is 60.2 Å². The van der Waals surface area contributed by atoms with Gasteiger partial charge in [0, 0.05) is 47.3 Å². The van der Waals surface area contributed by atoms with Crippen LogP contribution in [-0.2, 0) is 23.2 Å². The predicted molar refractivity (Wildman–Crippen MR) is 197 cm³/mol. The normalized spacial score (nSPS) is 14.7. The van der Waals surface area contributed by atoms with E-state index in [1.54, 1.807) is 6.07 Å². The molecule has 14 nitrogen and oxygen atoms in total. The van der Waals surface area contributed by atoms with Crippen molar-refractivity contribution >= 4 is 52.0 Å². The predicted octanol–water partition coefficient (Wildman–Crippen LogP) is 6.54. The van der Waals surface area contributed by atoms with Crippen LogP contribution in [0.4, 0.5) is 15.8 Å². The van der Waals surface area contributed by atoms with E-state index in [0.717, 1.165) is 23.5 Å². The highest BCUT2D eigenvalue weighted by Gasteiger charge is 2.31. The standard InChI is InChI=1S/C18H17FN4O2S.C15H18Cl2N2O3.C2H2N2O/c1-4-5-22-13-7-12(11(19)6-14(13)25-9-16(22)24)20-17-23-10-18(2,3)8-15(23)21-26-17;1-8(2)21-12-7-11(9(16)6-10(12)17)19-14(20)22-13(18-19)15(3,4)5;1-2-5-4-3-1/h1,6-7H,5,8-10H2,2-3H3;6-8H,1-5H3;1-2H. The molecule has 0 radical (unpaired) electrons. The molecule has 280 valence electrons. The minimum absolute atomic E-state index is 0.0642. The Morgan fingerprint density at radius 1 is 1.15 bits per heavy atom. The average Bonchev–Trinajstić information content (AvgIpc) is 3.88. The van der Waals surface area contributed by atoms with Gasteiger partial charge >= 0.3 is 5.76 Å². The number of nitrogens with zero attached hydrogens (tertiary/aromatic N) is 8. The van der Waals surface area contributed by atoms with Gasteiger partial charge in [0.05, 0.1) is 40.3 Å². The van der Waals surface area contributed by atoms with Gasteiger partial charge in [-0.3, -0.25) is 9.69 Å². The maximum absolute atomic E-state index is 14.5. The van der Waals surface area contributed by atoms with Crippen LogP contribution < -0.4 is 24.9 Å². The second-order valence-corrected chi connectivity index (χ2v) is 15.5. The number of anilines is 1. The fourth-order valence-electron chi connectivity index (χ4n) is 5.14. The molecule has 53 heavy (non-hydrogen) atoms. The molecule has 0 saturated heterocycles. The number of hydrogen-bond acceptors (Lipinski definition) is 12. The lowest BCUT2D eigenvalue weighted by Crippen LogP contribution is -2.39. The van der Waals surface area contributed by atoms with Crippen molar-refractivity contribution in [1.29, 1.82) is 0 Å². The molecule has 0 aliphatic carbocycles. The number of aromatic nitrogens is 6. The number of rotatable bonds is 5. The molecule has 1 amide bonds. The molecule has 5 heterocycles. The lowest BCUT2D eigenvalue weighted by molar-refractivity contribution is -0.121. The highest BCUT2D eigenvalue weighted by Crippen LogP contribution is 2.38. The van der Waals surface area contributed by atoms with E-state index in [-0.39, 0.29) is 46.7 Å². The van der Waals surface area contributed by atoms with Crippen molar-refractivity contribution < 1.29 is 27.6 Å². The van der Waals surface area contributed by atoms with Crippen molar-refractivity contribution in [3.63, 3.8) is 0 Å². The van der Waals surface area contributed by atoms with Gasteiger partial charge in [-0.25, -0.2) is 14.2 Å². The zero-order chi connectivity index (χ0) is 38.7. The van der Waals surface area contributed by atoms with Crippen LogP contribution >= 0.6 is 34.7 Å². The zero-order valence-electron chi connectivity index (χ0n) is 30.0. The summed E-state index contributed by atoms with van der Waals surface area (Å²) < 4.78 is 42.5.